The molecule has 150 valence electrons. The minimum absolute atomic E-state index is 0.0683. The van der Waals surface area contributed by atoms with E-state index in [4.69, 9.17) is 9.73 Å². The molecule has 0 aromatic rings. The summed E-state index contributed by atoms with van der Waals surface area (Å²) in [7, 11) is 0. The van der Waals surface area contributed by atoms with Crippen LogP contribution >= 0.6 is 0 Å². The lowest BCUT2D eigenvalue weighted by Crippen LogP contribution is -2.53. The number of carbonyl (C=O) groups is 2. The first-order valence-corrected chi connectivity index (χ1v) is 9.59. The van der Waals surface area contributed by atoms with Crippen molar-refractivity contribution in [3.8, 4) is 0 Å². The summed E-state index contributed by atoms with van der Waals surface area (Å²) in [5, 5.41) is 6.22. The molecule has 2 N–H and O–H groups in total. The molecule has 1 heterocycles. The second kappa shape index (κ2) is 11.6. The highest BCUT2D eigenvalue weighted by Gasteiger charge is 2.21. The van der Waals surface area contributed by atoms with E-state index in [-0.39, 0.29) is 11.9 Å². The second-order valence-electron chi connectivity index (χ2n) is 6.88. The third-order valence-electron chi connectivity index (χ3n) is 4.17. The van der Waals surface area contributed by atoms with E-state index in [9.17, 15) is 9.59 Å². The van der Waals surface area contributed by atoms with Crippen LogP contribution < -0.4 is 10.6 Å². The Labute approximate surface area is 157 Å². The van der Waals surface area contributed by atoms with E-state index in [1.54, 1.807) is 13.8 Å². The molecule has 0 aromatic carbocycles. The first kappa shape index (κ1) is 22.1. The van der Waals surface area contributed by atoms with Crippen LogP contribution in [0.3, 0.4) is 0 Å². The highest BCUT2D eigenvalue weighted by Crippen LogP contribution is 2.07. The molecular formula is C18H35N5O3. The first-order valence-electron chi connectivity index (χ1n) is 9.59. The van der Waals surface area contributed by atoms with Crippen molar-refractivity contribution in [2.24, 2.45) is 10.9 Å². The number of hydrogen-bond donors (Lipinski definition) is 2. The van der Waals surface area contributed by atoms with Gasteiger partial charge in [-0.3, -0.25) is 9.79 Å². The van der Waals surface area contributed by atoms with Crippen LogP contribution in [0.5, 0.6) is 0 Å². The third-order valence-corrected chi connectivity index (χ3v) is 4.17. The van der Waals surface area contributed by atoms with Gasteiger partial charge in [0, 0.05) is 39.6 Å². The molecule has 1 aliphatic rings. The van der Waals surface area contributed by atoms with Crippen LogP contribution in [-0.2, 0) is 9.53 Å². The molecule has 0 saturated carbocycles. The number of alkyl carbamates (subject to hydrolysis) is 1. The van der Waals surface area contributed by atoms with Gasteiger partial charge in [0.05, 0.1) is 19.2 Å². The Morgan fingerprint density at radius 3 is 2.23 bits per heavy atom. The second-order valence-corrected chi connectivity index (χ2v) is 6.88. The maximum absolute atomic E-state index is 11.8. The zero-order valence-corrected chi connectivity index (χ0v) is 16.9. The van der Waals surface area contributed by atoms with Gasteiger partial charge in [-0.25, -0.2) is 4.79 Å². The molecule has 2 amide bonds. The van der Waals surface area contributed by atoms with Crippen LogP contribution in [0.25, 0.3) is 0 Å². The SMILES string of the molecule is CCNC(=NCC(CC(C)C)NC(=O)OCC)N1CCN(C(C)=O)CC1. The Morgan fingerprint density at radius 1 is 1.12 bits per heavy atom. The quantitative estimate of drug-likeness (QED) is 0.521. The Kier molecular flexibility index (Phi) is 9.83. The van der Waals surface area contributed by atoms with Crippen LogP contribution in [0.4, 0.5) is 4.79 Å². The summed E-state index contributed by atoms with van der Waals surface area (Å²) in [6.07, 6.45) is 0.438. The van der Waals surface area contributed by atoms with E-state index in [0.717, 1.165) is 32.0 Å². The van der Waals surface area contributed by atoms with E-state index >= 15 is 0 Å². The van der Waals surface area contributed by atoms with Crippen molar-refractivity contribution < 1.29 is 14.3 Å². The lowest BCUT2D eigenvalue weighted by Gasteiger charge is -2.36. The van der Waals surface area contributed by atoms with Crippen molar-refractivity contribution in [3.05, 3.63) is 0 Å². The van der Waals surface area contributed by atoms with Crippen molar-refractivity contribution in [3.63, 3.8) is 0 Å². The fraction of sp³-hybridized carbons (Fsp3) is 0.833. The van der Waals surface area contributed by atoms with Gasteiger partial charge >= 0.3 is 6.09 Å². The van der Waals surface area contributed by atoms with Crippen LogP contribution in [0.1, 0.15) is 41.0 Å². The predicted octanol–water partition coefficient (Wildman–Crippen LogP) is 1.28. The van der Waals surface area contributed by atoms with Crippen molar-refractivity contribution in [1.82, 2.24) is 20.4 Å². The average molecular weight is 370 g/mol. The fourth-order valence-electron chi connectivity index (χ4n) is 2.94. The fourth-order valence-corrected chi connectivity index (χ4v) is 2.94. The van der Waals surface area contributed by atoms with E-state index < -0.39 is 6.09 Å². The normalized spacial score (nSPS) is 16.5. The zero-order chi connectivity index (χ0) is 19.5. The lowest BCUT2D eigenvalue weighted by atomic mass is 10.0. The molecule has 1 rings (SSSR count). The molecular weight excluding hydrogens is 334 g/mol. The van der Waals surface area contributed by atoms with Crippen molar-refractivity contribution >= 4 is 18.0 Å². The van der Waals surface area contributed by atoms with Gasteiger partial charge in [0.25, 0.3) is 0 Å². The molecule has 0 bridgehead atoms. The number of amides is 2. The maximum Gasteiger partial charge on any atom is 0.407 e. The summed E-state index contributed by atoms with van der Waals surface area (Å²) in [5.41, 5.74) is 0. The summed E-state index contributed by atoms with van der Waals surface area (Å²) in [6.45, 7) is 14.2. The number of carbonyl (C=O) groups excluding carboxylic acids is 2. The van der Waals surface area contributed by atoms with Gasteiger partial charge in [0.2, 0.25) is 5.91 Å². The molecule has 1 fully saturated rings. The molecule has 8 nitrogen and oxygen atoms in total. The zero-order valence-electron chi connectivity index (χ0n) is 16.9. The molecule has 1 saturated heterocycles. The van der Waals surface area contributed by atoms with E-state index in [1.807, 2.05) is 11.8 Å². The third kappa shape index (κ3) is 7.93. The summed E-state index contributed by atoms with van der Waals surface area (Å²) < 4.78 is 5.00. The number of nitrogens with zero attached hydrogens (tertiary/aromatic N) is 3. The smallest absolute Gasteiger partial charge is 0.407 e. The van der Waals surface area contributed by atoms with Crippen LogP contribution in [0.15, 0.2) is 4.99 Å². The van der Waals surface area contributed by atoms with Gasteiger partial charge in [-0.15, -0.1) is 0 Å². The molecule has 0 aromatic heterocycles. The van der Waals surface area contributed by atoms with Gasteiger partial charge in [-0.2, -0.15) is 0 Å². The number of guanidine groups is 1. The van der Waals surface area contributed by atoms with Gasteiger partial charge in [-0.05, 0) is 26.2 Å². The molecule has 1 atom stereocenters. The minimum Gasteiger partial charge on any atom is -0.450 e. The van der Waals surface area contributed by atoms with E-state index in [1.165, 1.54) is 0 Å². The van der Waals surface area contributed by atoms with Gasteiger partial charge in [-0.1, -0.05) is 13.8 Å². The van der Waals surface area contributed by atoms with Crippen LogP contribution in [0, 0.1) is 5.92 Å². The lowest BCUT2D eigenvalue weighted by molar-refractivity contribution is -0.130. The molecule has 1 unspecified atom stereocenters. The Balaban J connectivity index is 2.71. The highest BCUT2D eigenvalue weighted by atomic mass is 16.5. The summed E-state index contributed by atoms with van der Waals surface area (Å²) >= 11 is 0. The standard InChI is InChI=1S/C18H35N5O3/c1-6-19-17(23-10-8-22(9-11-23)15(5)24)20-13-16(12-14(3)4)21-18(25)26-7-2/h14,16H,6-13H2,1-5H3,(H,19,20)(H,21,25). The molecule has 0 aliphatic carbocycles. The first-order chi connectivity index (χ1) is 12.4. The molecule has 1 aliphatic heterocycles. The van der Waals surface area contributed by atoms with E-state index in [0.29, 0.717) is 32.2 Å². The number of hydrogen-bond acceptors (Lipinski definition) is 4. The van der Waals surface area contributed by atoms with Crippen LogP contribution in [-0.4, -0.2) is 79.7 Å². The van der Waals surface area contributed by atoms with Gasteiger partial charge in [0.1, 0.15) is 0 Å². The predicted molar refractivity (Wildman–Crippen MR) is 103 cm³/mol. The maximum atomic E-state index is 11.8. The largest absolute Gasteiger partial charge is 0.450 e. The Bertz CT molecular complexity index is 473. The molecule has 26 heavy (non-hydrogen) atoms. The molecule has 0 spiro atoms. The Morgan fingerprint density at radius 2 is 1.73 bits per heavy atom. The average Bonchev–Trinajstić information content (AvgIpc) is 2.58. The number of piperazine rings is 1. The number of ether oxygens (including phenoxy) is 1. The molecule has 0 radical (unpaired) electrons. The van der Waals surface area contributed by atoms with E-state index in [2.05, 4.69) is 29.4 Å². The monoisotopic (exact) mass is 369 g/mol. The highest BCUT2D eigenvalue weighted by molar-refractivity contribution is 5.80. The van der Waals surface area contributed by atoms with Crippen molar-refractivity contribution in [2.75, 3.05) is 45.9 Å². The topological polar surface area (TPSA) is 86.3 Å². The minimum atomic E-state index is -0.395. The Hall–Kier alpha value is -1.99. The summed E-state index contributed by atoms with van der Waals surface area (Å²) in [6, 6.07) is -0.0683. The number of rotatable bonds is 7. The van der Waals surface area contributed by atoms with Crippen molar-refractivity contribution in [2.45, 2.75) is 47.1 Å². The van der Waals surface area contributed by atoms with Crippen molar-refractivity contribution in [1.29, 1.82) is 0 Å². The van der Waals surface area contributed by atoms with Gasteiger partial charge in [0.15, 0.2) is 5.96 Å². The number of aliphatic imine (C=N–C) groups is 1. The summed E-state index contributed by atoms with van der Waals surface area (Å²) in [4.78, 5) is 32.0. The van der Waals surface area contributed by atoms with Gasteiger partial charge < -0.3 is 25.2 Å². The van der Waals surface area contributed by atoms with Crippen LogP contribution in [0.2, 0.25) is 0 Å². The summed E-state index contributed by atoms with van der Waals surface area (Å²) in [5.74, 6) is 1.39. The molecule has 8 heteroatoms. The number of nitrogens with one attached hydrogen (secondary N) is 2.